The number of aromatic nitrogens is 1. The zero-order valence-electron chi connectivity index (χ0n) is 11.9. The molecule has 0 saturated carbocycles. The van der Waals surface area contributed by atoms with Gasteiger partial charge in [0.15, 0.2) is 0 Å². The molecule has 106 valence electrons. The number of nitrogens with one attached hydrogen (secondary N) is 1. The van der Waals surface area contributed by atoms with Crippen LogP contribution < -0.4 is 10.1 Å². The van der Waals surface area contributed by atoms with Crippen molar-refractivity contribution in [2.75, 3.05) is 11.9 Å². The number of amides is 1. The SMILES string of the molecule is CCOc1ccc(NC(=O)Cc2sc(C)nc2C)cc1. The van der Waals surface area contributed by atoms with Crippen LogP contribution in [0.2, 0.25) is 0 Å². The van der Waals surface area contributed by atoms with Gasteiger partial charge in [-0.3, -0.25) is 4.79 Å². The first-order chi connectivity index (χ1) is 9.58. The maximum absolute atomic E-state index is 12.0. The Morgan fingerprint density at radius 1 is 1.30 bits per heavy atom. The van der Waals surface area contributed by atoms with E-state index >= 15 is 0 Å². The topological polar surface area (TPSA) is 51.2 Å². The molecule has 0 radical (unpaired) electrons. The largest absolute Gasteiger partial charge is 0.494 e. The number of hydrogen-bond donors (Lipinski definition) is 1. The minimum atomic E-state index is -0.0269. The molecule has 0 saturated heterocycles. The molecule has 1 aromatic heterocycles. The fraction of sp³-hybridized carbons (Fsp3) is 0.333. The Hall–Kier alpha value is -1.88. The Balaban J connectivity index is 1.95. The van der Waals surface area contributed by atoms with E-state index in [1.54, 1.807) is 11.3 Å². The highest BCUT2D eigenvalue weighted by molar-refractivity contribution is 7.11. The monoisotopic (exact) mass is 290 g/mol. The van der Waals surface area contributed by atoms with E-state index in [0.29, 0.717) is 13.0 Å². The number of thiazole rings is 1. The first-order valence-corrected chi connectivity index (χ1v) is 7.35. The molecule has 1 N–H and O–H groups in total. The lowest BCUT2D eigenvalue weighted by Gasteiger charge is -2.06. The zero-order chi connectivity index (χ0) is 14.5. The van der Waals surface area contributed by atoms with Crippen LogP contribution in [-0.4, -0.2) is 17.5 Å². The molecular formula is C15H18N2O2S. The molecule has 0 aliphatic rings. The number of aryl methyl sites for hydroxylation is 2. The average Bonchev–Trinajstić information content (AvgIpc) is 2.70. The highest BCUT2D eigenvalue weighted by Gasteiger charge is 2.10. The van der Waals surface area contributed by atoms with Crippen molar-refractivity contribution < 1.29 is 9.53 Å². The Kier molecular flexibility index (Phi) is 4.74. The second kappa shape index (κ2) is 6.52. The van der Waals surface area contributed by atoms with E-state index in [1.807, 2.05) is 45.0 Å². The molecular weight excluding hydrogens is 272 g/mol. The summed E-state index contributed by atoms with van der Waals surface area (Å²) >= 11 is 1.57. The molecule has 2 aromatic rings. The smallest absolute Gasteiger partial charge is 0.229 e. The van der Waals surface area contributed by atoms with Crippen LogP contribution in [0.25, 0.3) is 0 Å². The first kappa shape index (κ1) is 14.5. The lowest BCUT2D eigenvalue weighted by atomic mass is 10.2. The van der Waals surface area contributed by atoms with Crippen LogP contribution in [0.4, 0.5) is 5.69 Å². The van der Waals surface area contributed by atoms with Crippen LogP contribution in [-0.2, 0) is 11.2 Å². The van der Waals surface area contributed by atoms with Crippen LogP contribution in [0.1, 0.15) is 22.5 Å². The number of hydrogen-bond acceptors (Lipinski definition) is 4. The number of ether oxygens (including phenoxy) is 1. The van der Waals surface area contributed by atoms with Gasteiger partial charge in [0.1, 0.15) is 5.75 Å². The fourth-order valence-corrected chi connectivity index (χ4v) is 2.83. The summed E-state index contributed by atoms with van der Waals surface area (Å²) in [5, 5.41) is 3.87. The van der Waals surface area contributed by atoms with Gasteiger partial charge in [-0.1, -0.05) is 0 Å². The van der Waals surface area contributed by atoms with E-state index < -0.39 is 0 Å². The summed E-state index contributed by atoms with van der Waals surface area (Å²) in [4.78, 5) is 17.3. The summed E-state index contributed by atoms with van der Waals surface area (Å²) in [6.45, 7) is 6.46. The van der Waals surface area contributed by atoms with Gasteiger partial charge >= 0.3 is 0 Å². The van der Waals surface area contributed by atoms with Gasteiger partial charge in [-0.25, -0.2) is 4.98 Å². The average molecular weight is 290 g/mol. The number of carbonyl (C=O) groups is 1. The van der Waals surface area contributed by atoms with Crippen molar-refractivity contribution in [1.29, 1.82) is 0 Å². The quantitative estimate of drug-likeness (QED) is 0.919. The molecule has 0 aliphatic carbocycles. The summed E-state index contributed by atoms with van der Waals surface area (Å²) in [7, 11) is 0. The molecule has 20 heavy (non-hydrogen) atoms. The van der Waals surface area contributed by atoms with Crippen molar-refractivity contribution in [3.05, 3.63) is 39.8 Å². The van der Waals surface area contributed by atoms with Gasteiger partial charge in [-0.2, -0.15) is 0 Å². The van der Waals surface area contributed by atoms with Crippen molar-refractivity contribution in [2.24, 2.45) is 0 Å². The third-order valence-corrected chi connectivity index (χ3v) is 3.84. The van der Waals surface area contributed by atoms with Gasteiger partial charge in [0.2, 0.25) is 5.91 Å². The number of rotatable bonds is 5. The Morgan fingerprint density at radius 2 is 2.00 bits per heavy atom. The summed E-state index contributed by atoms with van der Waals surface area (Å²) in [5.41, 5.74) is 1.71. The molecule has 4 nitrogen and oxygen atoms in total. The van der Waals surface area contributed by atoms with E-state index in [9.17, 15) is 4.79 Å². The van der Waals surface area contributed by atoms with E-state index in [0.717, 1.165) is 27.0 Å². The Morgan fingerprint density at radius 3 is 2.55 bits per heavy atom. The van der Waals surface area contributed by atoms with E-state index in [-0.39, 0.29) is 5.91 Å². The molecule has 0 aliphatic heterocycles. The lowest BCUT2D eigenvalue weighted by molar-refractivity contribution is -0.115. The second-order valence-corrected chi connectivity index (χ2v) is 5.71. The summed E-state index contributed by atoms with van der Waals surface area (Å²) in [6, 6.07) is 7.38. The number of carbonyl (C=O) groups excluding carboxylic acids is 1. The molecule has 0 fully saturated rings. The fourth-order valence-electron chi connectivity index (χ4n) is 1.89. The van der Waals surface area contributed by atoms with E-state index in [1.165, 1.54) is 0 Å². The number of nitrogens with zero attached hydrogens (tertiary/aromatic N) is 1. The number of benzene rings is 1. The van der Waals surface area contributed by atoms with Crippen LogP contribution in [0.15, 0.2) is 24.3 Å². The van der Waals surface area contributed by atoms with Gasteiger partial charge in [0.25, 0.3) is 0 Å². The van der Waals surface area contributed by atoms with Crippen LogP contribution in [0.3, 0.4) is 0 Å². The minimum absolute atomic E-state index is 0.0269. The normalized spacial score (nSPS) is 10.3. The minimum Gasteiger partial charge on any atom is -0.494 e. The molecule has 0 bridgehead atoms. The van der Waals surface area contributed by atoms with Crippen molar-refractivity contribution in [2.45, 2.75) is 27.2 Å². The van der Waals surface area contributed by atoms with Crippen molar-refractivity contribution in [1.82, 2.24) is 4.98 Å². The summed E-state index contributed by atoms with van der Waals surface area (Å²) < 4.78 is 5.36. The molecule has 0 unspecified atom stereocenters. The summed E-state index contributed by atoms with van der Waals surface area (Å²) in [5.74, 6) is 0.778. The predicted octanol–water partition coefficient (Wildman–Crippen LogP) is 3.34. The van der Waals surface area contributed by atoms with Crippen LogP contribution in [0.5, 0.6) is 5.75 Å². The molecule has 0 spiro atoms. The van der Waals surface area contributed by atoms with Gasteiger partial charge < -0.3 is 10.1 Å². The third-order valence-electron chi connectivity index (χ3n) is 2.77. The summed E-state index contributed by atoms with van der Waals surface area (Å²) in [6.07, 6.45) is 0.366. The van der Waals surface area contributed by atoms with Crippen LogP contribution in [0, 0.1) is 13.8 Å². The third kappa shape index (κ3) is 3.81. The van der Waals surface area contributed by atoms with Gasteiger partial charge in [0.05, 0.1) is 23.7 Å². The van der Waals surface area contributed by atoms with E-state index in [4.69, 9.17) is 4.74 Å². The molecule has 2 rings (SSSR count). The van der Waals surface area contributed by atoms with Crippen molar-refractivity contribution in [3.8, 4) is 5.75 Å². The molecule has 5 heteroatoms. The molecule has 1 aromatic carbocycles. The lowest BCUT2D eigenvalue weighted by Crippen LogP contribution is -2.14. The Labute approximate surface area is 122 Å². The Bertz CT molecular complexity index is 590. The highest BCUT2D eigenvalue weighted by Crippen LogP contribution is 2.19. The van der Waals surface area contributed by atoms with Gasteiger partial charge in [0, 0.05) is 10.6 Å². The predicted molar refractivity (Wildman–Crippen MR) is 81.5 cm³/mol. The second-order valence-electron chi connectivity index (χ2n) is 4.42. The molecule has 1 heterocycles. The maximum Gasteiger partial charge on any atom is 0.229 e. The van der Waals surface area contributed by atoms with Crippen molar-refractivity contribution in [3.63, 3.8) is 0 Å². The highest BCUT2D eigenvalue weighted by atomic mass is 32.1. The standard InChI is InChI=1S/C15H18N2O2S/c1-4-19-13-7-5-12(6-8-13)17-15(18)9-14-10(2)16-11(3)20-14/h5-8H,4,9H2,1-3H3,(H,17,18). The van der Waals surface area contributed by atoms with Crippen LogP contribution >= 0.6 is 11.3 Å². The van der Waals surface area contributed by atoms with Gasteiger partial charge in [-0.05, 0) is 45.0 Å². The number of anilines is 1. The molecule has 0 atom stereocenters. The zero-order valence-corrected chi connectivity index (χ0v) is 12.7. The maximum atomic E-state index is 12.0. The van der Waals surface area contributed by atoms with Crippen molar-refractivity contribution >= 4 is 22.9 Å². The first-order valence-electron chi connectivity index (χ1n) is 6.54. The van der Waals surface area contributed by atoms with Gasteiger partial charge in [-0.15, -0.1) is 11.3 Å². The molecule has 1 amide bonds. The van der Waals surface area contributed by atoms with E-state index in [2.05, 4.69) is 10.3 Å².